The van der Waals surface area contributed by atoms with Gasteiger partial charge in [0.05, 0.1) is 6.61 Å². The van der Waals surface area contributed by atoms with Gasteiger partial charge in [-0.3, -0.25) is 0 Å². The van der Waals surface area contributed by atoms with Crippen molar-refractivity contribution in [1.82, 2.24) is 0 Å². The quantitative estimate of drug-likeness (QED) is 0.309. The van der Waals surface area contributed by atoms with Crippen LogP contribution in [0.3, 0.4) is 0 Å². The average Bonchev–Trinajstić information content (AvgIpc) is 2.16. The van der Waals surface area contributed by atoms with E-state index >= 15 is 0 Å². The van der Waals surface area contributed by atoms with Crippen LogP contribution in [0.15, 0.2) is 16.6 Å². The first-order valence-corrected chi connectivity index (χ1v) is 4.59. The van der Waals surface area contributed by atoms with Gasteiger partial charge >= 0.3 is 5.97 Å². The second kappa shape index (κ2) is 7.06. The van der Waals surface area contributed by atoms with Crippen molar-refractivity contribution < 1.29 is 14.6 Å². The number of esters is 1. The van der Waals surface area contributed by atoms with Crippen LogP contribution in [-0.2, 0) is 9.53 Å². The van der Waals surface area contributed by atoms with E-state index in [9.17, 15) is 14.8 Å². The van der Waals surface area contributed by atoms with E-state index in [4.69, 9.17) is 0 Å². The van der Waals surface area contributed by atoms with Gasteiger partial charge in [-0.2, -0.15) is 0 Å². The molecule has 0 heterocycles. The first kappa shape index (κ1) is 12.6. The third kappa shape index (κ3) is 4.02. The maximum atomic E-state index is 11.0. The number of aliphatic hydroxyl groups is 1. The van der Waals surface area contributed by atoms with Crippen LogP contribution in [0.1, 0.15) is 33.1 Å². The molecule has 0 fully saturated rings. The van der Waals surface area contributed by atoms with E-state index in [1.165, 1.54) is 0 Å². The predicted molar refractivity (Wildman–Crippen MR) is 51.6 cm³/mol. The van der Waals surface area contributed by atoms with Gasteiger partial charge in [0, 0.05) is 6.42 Å². The summed E-state index contributed by atoms with van der Waals surface area (Å²) >= 11 is 0. The maximum Gasteiger partial charge on any atom is 0.364 e. The van der Waals surface area contributed by atoms with Crippen LogP contribution in [0, 0.1) is 4.91 Å². The topological polar surface area (TPSA) is 76.0 Å². The molecule has 0 aromatic heterocycles. The van der Waals surface area contributed by atoms with Crippen LogP contribution >= 0.6 is 0 Å². The Bertz CT molecular complexity index is 235. The Morgan fingerprint density at radius 2 is 2.07 bits per heavy atom. The van der Waals surface area contributed by atoms with Gasteiger partial charge in [0.1, 0.15) is 5.76 Å². The lowest BCUT2D eigenvalue weighted by Gasteiger charge is -2.02. The number of aliphatic hydroxyl groups excluding tert-OH is 1. The summed E-state index contributed by atoms with van der Waals surface area (Å²) in [5.41, 5.74) is -0.514. The number of carbonyl (C=O) groups excluding carboxylic acids is 1. The van der Waals surface area contributed by atoms with Crippen LogP contribution in [-0.4, -0.2) is 17.7 Å². The lowest BCUT2D eigenvalue weighted by atomic mass is 10.2. The van der Waals surface area contributed by atoms with Crippen molar-refractivity contribution in [2.24, 2.45) is 5.18 Å². The minimum atomic E-state index is -0.865. The summed E-state index contributed by atoms with van der Waals surface area (Å²) in [6.07, 6.45) is 1.83. The second-order valence-electron chi connectivity index (χ2n) is 2.71. The fraction of sp³-hybridized carbons (Fsp3) is 0.667. The molecule has 0 bridgehead atoms. The zero-order valence-corrected chi connectivity index (χ0v) is 8.45. The summed E-state index contributed by atoms with van der Waals surface area (Å²) in [4.78, 5) is 21.3. The van der Waals surface area contributed by atoms with Gasteiger partial charge in [-0.25, -0.2) is 4.79 Å². The summed E-state index contributed by atoms with van der Waals surface area (Å²) in [7, 11) is 0. The number of unbranched alkanes of at least 4 members (excludes halogenated alkanes) is 1. The van der Waals surface area contributed by atoms with Crippen molar-refractivity contribution in [2.45, 2.75) is 33.1 Å². The Balaban J connectivity index is 4.48. The molecule has 0 atom stereocenters. The Morgan fingerprint density at radius 3 is 2.50 bits per heavy atom. The Hall–Kier alpha value is -1.39. The Morgan fingerprint density at radius 1 is 1.43 bits per heavy atom. The lowest BCUT2D eigenvalue weighted by molar-refractivity contribution is -0.138. The average molecular weight is 201 g/mol. The highest BCUT2D eigenvalue weighted by molar-refractivity contribution is 5.88. The summed E-state index contributed by atoms with van der Waals surface area (Å²) < 4.78 is 4.55. The molecular formula is C9H15NO4. The number of carbonyl (C=O) groups is 1. The van der Waals surface area contributed by atoms with Gasteiger partial charge < -0.3 is 9.84 Å². The van der Waals surface area contributed by atoms with Gasteiger partial charge in [0.25, 0.3) is 0 Å². The van der Waals surface area contributed by atoms with E-state index in [0.29, 0.717) is 6.42 Å². The number of allylic oxidation sites excluding steroid dienone is 1. The van der Waals surface area contributed by atoms with Crippen molar-refractivity contribution in [3.05, 3.63) is 16.4 Å². The van der Waals surface area contributed by atoms with E-state index in [0.717, 1.165) is 6.42 Å². The molecule has 0 amide bonds. The molecule has 0 unspecified atom stereocenters. The number of rotatable bonds is 6. The van der Waals surface area contributed by atoms with E-state index in [1.54, 1.807) is 6.92 Å². The highest BCUT2D eigenvalue weighted by Crippen LogP contribution is 2.12. The molecule has 14 heavy (non-hydrogen) atoms. The third-order valence-electron chi connectivity index (χ3n) is 1.60. The predicted octanol–water partition coefficient (Wildman–Crippen LogP) is 2.28. The molecule has 0 aromatic rings. The van der Waals surface area contributed by atoms with E-state index in [1.807, 2.05) is 6.92 Å². The second-order valence-corrected chi connectivity index (χ2v) is 2.71. The number of hydrogen-bond donors (Lipinski definition) is 1. The molecular weight excluding hydrogens is 186 g/mol. The molecule has 0 aliphatic rings. The van der Waals surface area contributed by atoms with Crippen LogP contribution in [0.25, 0.3) is 0 Å². The monoisotopic (exact) mass is 201 g/mol. The summed E-state index contributed by atoms with van der Waals surface area (Å²) in [6, 6.07) is 0. The molecule has 0 radical (unpaired) electrons. The number of hydrogen-bond acceptors (Lipinski definition) is 5. The van der Waals surface area contributed by atoms with Gasteiger partial charge in [-0.05, 0) is 18.5 Å². The van der Waals surface area contributed by atoms with Crippen molar-refractivity contribution in [2.75, 3.05) is 6.61 Å². The van der Waals surface area contributed by atoms with Gasteiger partial charge in [0.2, 0.25) is 5.70 Å². The van der Waals surface area contributed by atoms with E-state index < -0.39 is 11.7 Å². The van der Waals surface area contributed by atoms with Gasteiger partial charge in [-0.15, -0.1) is 4.91 Å². The van der Waals surface area contributed by atoms with Crippen molar-refractivity contribution in [1.29, 1.82) is 0 Å². The van der Waals surface area contributed by atoms with Crippen molar-refractivity contribution in [3.8, 4) is 0 Å². The molecule has 1 N–H and O–H groups in total. The molecule has 0 aromatic carbocycles. The normalized spacial score (nSPS) is 11.9. The molecule has 0 aliphatic heterocycles. The maximum absolute atomic E-state index is 11.0. The SMILES string of the molecule is CCCCC(O)=C(N=O)C(=O)OCC. The van der Waals surface area contributed by atoms with Crippen LogP contribution in [0.4, 0.5) is 0 Å². The zero-order chi connectivity index (χ0) is 11.0. The summed E-state index contributed by atoms with van der Waals surface area (Å²) in [5.74, 6) is -1.16. The number of nitroso groups, excluding NO2 is 1. The lowest BCUT2D eigenvalue weighted by Crippen LogP contribution is -2.08. The van der Waals surface area contributed by atoms with E-state index in [2.05, 4.69) is 9.91 Å². The standard InChI is InChI=1S/C9H15NO4/c1-3-5-6-7(11)8(10-13)9(12)14-4-2/h11H,3-6H2,1-2H3. The molecule has 5 nitrogen and oxygen atoms in total. The third-order valence-corrected chi connectivity index (χ3v) is 1.60. The Labute approximate surface area is 82.7 Å². The molecule has 0 aliphatic carbocycles. The smallest absolute Gasteiger partial charge is 0.364 e. The van der Waals surface area contributed by atoms with Crippen molar-refractivity contribution in [3.63, 3.8) is 0 Å². The fourth-order valence-electron chi connectivity index (χ4n) is 0.870. The molecule has 5 heteroatoms. The molecule has 80 valence electrons. The number of ether oxygens (including phenoxy) is 1. The molecule has 0 saturated heterocycles. The van der Waals surface area contributed by atoms with E-state index in [-0.39, 0.29) is 18.8 Å². The van der Waals surface area contributed by atoms with Crippen LogP contribution in [0.5, 0.6) is 0 Å². The number of nitrogens with zero attached hydrogens (tertiary/aromatic N) is 1. The molecule has 0 saturated carbocycles. The summed E-state index contributed by atoms with van der Waals surface area (Å²) in [6.45, 7) is 3.70. The summed E-state index contributed by atoms with van der Waals surface area (Å²) in [5, 5.41) is 11.8. The van der Waals surface area contributed by atoms with Gasteiger partial charge in [-0.1, -0.05) is 13.3 Å². The largest absolute Gasteiger partial charge is 0.510 e. The minimum absolute atomic E-state index is 0.152. The van der Waals surface area contributed by atoms with Crippen LogP contribution < -0.4 is 0 Å². The molecule has 0 spiro atoms. The minimum Gasteiger partial charge on any atom is -0.510 e. The highest BCUT2D eigenvalue weighted by atomic mass is 16.5. The zero-order valence-electron chi connectivity index (χ0n) is 8.45. The Kier molecular flexibility index (Phi) is 6.36. The first-order valence-electron chi connectivity index (χ1n) is 4.59. The first-order chi connectivity index (χ1) is 6.67. The van der Waals surface area contributed by atoms with Crippen molar-refractivity contribution >= 4 is 5.97 Å². The van der Waals surface area contributed by atoms with Gasteiger partial charge in [0.15, 0.2) is 0 Å². The van der Waals surface area contributed by atoms with Crippen LogP contribution in [0.2, 0.25) is 0 Å². The fourth-order valence-corrected chi connectivity index (χ4v) is 0.870. The molecule has 0 rings (SSSR count). The highest BCUT2D eigenvalue weighted by Gasteiger charge is 2.16.